The van der Waals surface area contributed by atoms with E-state index in [4.69, 9.17) is 0 Å². The van der Waals surface area contributed by atoms with Gasteiger partial charge in [-0.1, -0.05) is 24.3 Å². The van der Waals surface area contributed by atoms with E-state index < -0.39 is 5.97 Å². The molecule has 0 aliphatic carbocycles. The van der Waals surface area contributed by atoms with E-state index in [2.05, 4.69) is 16.0 Å². The number of fused-ring (bicyclic) bond motifs is 1. The first-order chi connectivity index (χ1) is 14.4. The zero-order valence-corrected chi connectivity index (χ0v) is 16.9. The molecule has 0 atom stereocenters. The molecule has 0 spiro atoms. The highest BCUT2D eigenvalue weighted by Crippen LogP contribution is 2.28. The van der Waals surface area contributed by atoms with Crippen LogP contribution < -0.4 is 5.11 Å². The van der Waals surface area contributed by atoms with Crippen molar-refractivity contribution in [2.75, 3.05) is 0 Å². The number of benzene rings is 2. The second-order valence-electron chi connectivity index (χ2n) is 7.17. The van der Waals surface area contributed by atoms with Crippen molar-refractivity contribution in [3.63, 3.8) is 0 Å². The number of imidazole rings is 1. The molecule has 6 heteroatoms. The number of allylic oxidation sites excluding steroid dienone is 1. The molecule has 148 valence electrons. The molecule has 2 heterocycles. The first-order valence-electron chi connectivity index (χ1n) is 9.48. The topological polar surface area (TPSA) is 97.5 Å². The van der Waals surface area contributed by atoms with Crippen LogP contribution in [0, 0.1) is 32.1 Å². The van der Waals surface area contributed by atoms with E-state index in [1.807, 2.05) is 54.8 Å². The van der Waals surface area contributed by atoms with Gasteiger partial charge in [-0.05, 0) is 62.2 Å². The number of aromatic nitrogens is 3. The predicted octanol–water partition coefficient (Wildman–Crippen LogP) is 3.71. The third-order valence-electron chi connectivity index (χ3n) is 5.30. The third kappa shape index (κ3) is 3.16. The number of para-hydroxylation sites is 2. The molecule has 6 nitrogen and oxygen atoms in total. The average Bonchev–Trinajstić information content (AvgIpc) is 3.27. The van der Waals surface area contributed by atoms with E-state index >= 15 is 0 Å². The number of aryl methyl sites for hydroxylation is 1. The average molecular weight is 395 g/mol. The van der Waals surface area contributed by atoms with Crippen molar-refractivity contribution < 1.29 is 9.90 Å². The van der Waals surface area contributed by atoms with Crippen LogP contribution in [0.25, 0.3) is 28.4 Å². The summed E-state index contributed by atoms with van der Waals surface area (Å²) in [6.07, 6.45) is 1.80. The fourth-order valence-corrected chi connectivity index (χ4v) is 3.78. The zero-order valence-electron chi connectivity index (χ0n) is 16.9. The highest BCUT2D eigenvalue weighted by atomic mass is 16.4. The fraction of sp³-hybridized carbons (Fsp3) is 0.125. The van der Waals surface area contributed by atoms with Crippen molar-refractivity contribution >= 4 is 28.7 Å². The molecule has 1 N–H and O–H groups in total. The Labute approximate surface area is 173 Å². The fourth-order valence-electron chi connectivity index (χ4n) is 3.78. The number of carbonyl (C=O) groups excluding carboxylic acids is 1. The number of carboxylic acids is 1. The van der Waals surface area contributed by atoms with Crippen molar-refractivity contribution in [1.82, 2.24) is 14.5 Å². The van der Waals surface area contributed by atoms with Gasteiger partial charge in [-0.2, -0.15) is 5.26 Å². The summed E-state index contributed by atoms with van der Waals surface area (Å²) in [6.45, 7) is 5.66. The first-order valence-corrected chi connectivity index (χ1v) is 9.48. The number of rotatable bonds is 4. The molecule has 0 saturated carbocycles. The lowest BCUT2D eigenvalue weighted by molar-refractivity contribution is -0.255. The molecule has 0 saturated heterocycles. The molecule has 4 aromatic rings. The van der Waals surface area contributed by atoms with Gasteiger partial charge in [0.15, 0.2) is 0 Å². The van der Waals surface area contributed by atoms with Gasteiger partial charge in [-0.25, -0.2) is 4.98 Å². The largest absolute Gasteiger partial charge is 0.545 e. The number of nitrogens with zero attached hydrogens (tertiary/aromatic N) is 3. The molecular weight excluding hydrogens is 376 g/mol. The van der Waals surface area contributed by atoms with Crippen LogP contribution in [0.4, 0.5) is 0 Å². The monoisotopic (exact) mass is 395 g/mol. The maximum atomic E-state index is 11.4. The second-order valence-corrected chi connectivity index (χ2v) is 7.17. The van der Waals surface area contributed by atoms with E-state index in [0.717, 1.165) is 33.7 Å². The number of hydrogen-bond donors (Lipinski definition) is 1. The number of nitrogens with one attached hydrogen (secondary N) is 1. The number of H-pyrrole nitrogens is 1. The Hall–Kier alpha value is -4.11. The quantitative estimate of drug-likeness (QED) is 0.533. The molecule has 30 heavy (non-hydrogen) atoms. The minimum Gasteiger partial charge on any atom is -0.545 e. The Bertz CT molecular complexity index is 1330. The minimum atomic E-state index is -1.20. The van der Waals surface area contributed by atoms with E-state index in [0.29, 0.717) is 17.0 Å². The van der Waals surface area contributed by atoms with Gasteiger partial charge in [-0.15, -0.1) is 0 Å². The molecule has 0 aliphatic heterocycles. The Balaban J connectivity index is 1.83. The van der Waals surface area contributed by atoms with E-state index in [1.54, 1.807) is 25.1 Å². The Kier molecular flexibility index (Phi) is 4.72. The SMILES string of the molecule is Cc1c(C(=O)[O-])cccc1-n1c(C)cc(/C=C(\C#N)c2nc3ccccc3[nH]2)c1C. The Morgan fingerprint density at radius 2 is 1.93 bits per heavy atom. The Morgan fingerprint density at radius 1 is 1.17 bits per heavy atom. The van der Waals surface area contributed by atoms with Gasteiger partial charge in [0, 0.05) is 22.6 Å². The maximum Gasteiger partial charge on any atom is 0.149 e. The lowest BCUT2D eigenvalue weighted by Crippen LogP contribution is -2.23. The number of carbonyl (C=O) groups is 1. The van der Waals surface area contributed by atoms with Crippen LogP contribution in [0.15, 0.2) is 48.5 Å². The second kappa shape index (κ2) is 7.37. The van der Waals surface area contributed by atoms with Crippen LogP contribution in [0.3, 0.4) is 0 Å². The molecule has 0 fully saturated rings. The summed E-state index contributed by atoms with van der Waals surface area (Å²) in [5, 5.41) is 21.2. The minimum absolute atomic E-state index is 0.164. The summed E-state index contributed by atoms with van der Waals surface area (Å²) in [4.78, 5) is 19.1. The smallest absolute Gasteiger partial charge is 0.149 e. The number of aromatic amines is 1. The Morgan fingerprint density at radius 3 is 2.63 bits per heavy atom. The molecule has 0 amide bonds. The van der Waals surface area contributed by atoms with Gasteiger partial charge in [0.25, 0.3) is 0 Å². The third-order valence-corrected chi connectivity index (χ3v) is 5.30. The van der Waals surface area contributed by atoms with Crippen LogP contribution in [-0.2, 0) is 0 Å². The van der Waals surface area contributed by atoms with Crippen LogP contribution in [0.2, 0.25) is 0 Å². The van der Waals surface area contributed by atoms with Gasteiger partial charge in [0.05, 0.1) is 22.6 Å². The number of carboxylic acid groups (broad SMARTS) is 1. The lowest BCUT2D eigenvalue weighted by Gasteiger charge is -2.16. The molecule has 2 aromatic carbocycles. The van der Waals surface area contributed by atoms with Crippen LogP contribution in [-0.4, -0.2) is 20.5 Å². The van der Waals surface area contributed by atoms with Crippen molar-refractivity contribution in [1.29, 1.82) is 5.26 Å². The number of aromatic carboxylic acids is 1. The van der Waals surface area contributed by atoms with Crippen molar-refractivity contribution in [2.45, 2.75) is 20.8 Å². The summed E-state index contributed by atoms with van der Waals surface area (Å²) < 4.78 is 1.99. The van der Waals surface area contributed by atoms with Crippen LogP contribution in [0.1, 0.15) is 38.7 Å². The van der Waals surface area contributed by atoms with E-state index in [1.165, 1.54) is 0 Å². The lowest BCUT2D eigenvalue weighted by atomic mass is 10.1. The van der Waals surface area contributed by atoms with E-state index in [-0.39, 0.29) is 5.56 Å². The van der Waals surface area contributed by atoms with Crippen LogP contribution in [0.5, 0.6) is 0 Å². The molecule has 0 radical (unpaired) electrons. The maximum absolute atomic E-state index is 11.4. The predicted molar refractivity (Wildman–Crippen MR) is 114 cm³/mol. The van der Waals surface area contributed by atoms with Gasteiger partial charge >= 0.3 is 0 Å². The summed E-state index contributed by atoms with van der Waals surface area (Å²) in [5.74, 6) is -0.688. The standard InChI is InChI=1S/C24H20N4O2/c1-14-11-17(12-18(13-25)23-26-20-8-4-5-9-21(20)27-23)16(3)28(14)22-10-6-7-19(15(22)2)24(29)30/h4-12H,1-3H3,(H,26,27)(H,29,30)/p-1/b18-12+. The van der Waals surface area contributed by atoms with Gasteiger partial charge in [0.1, 0.15) is 11.9 Å². The number of hydrogen-bond acceptors (Lipinski definition) is 4. The van der Waals surface area contributed by atoms with Gasteiger partial charge in [0.2, 0.25) is 0 Å². The molecular formula is C24H19N4O2-. The molecule has 0 aliphatic rings. The molecule has 2 aromatic heterocycles. The first kappa shape index (κ1) is 19.2. The summed E-state index contributed by atoms with van der Waals surface area (Å²) >= 11 is 0. The summed E-state index contributed by atoms with van der Waals surface area (Å²) in [7, 11) is 0. The van der Waals surface area contributed by atoms with Crippen molar-refractivity contribution in [3.8, 4) is 11.8 Å². The summed E-state index contributed by atoms with van der Waals surface area (Å²) in [6, 6.07) is 16.9. The van der Waals surface area contributed by atoms with Gasteiger partial charge < -0.3 is 19.5 Å². The molecule has 4 rings (SSSR count). The number of nitriles is 1. The highest BCUT2D eigenvalue weighted by molar-refractivity contribution is 5.91. The summed E-state index contributed by atoms with van der Waals surface area (Å²) in [5.41, 5.74) is 6.35. The normalized spacial score (nSPS) is 11.6. The van der Waals surface area contributed by atoms with Crippen molar-refractivity contribution in [2.24, 2.45) is 0 Å². The van der Waals surface area contributed by atoms with Crippen LogP contribution >= 0.6 is 0 Å². The van der Waals surface area contributed by atoms with Crippen molar-refractivity contribution in [3.05, 3.63) is 82.4 Å². The highest BCUT2D eigenvalue weighted by Gasteiger charge is 2.15. The zero-order chi connectivity index (χ0) is 21.4. The molecule has 0 unspecified atom stereocenters. The van der Waals surface area contributed by atoms with Gasteiger partial charge in [-0.3, -0.25) is 0 Å². The van der Waals surface area contributed by atoms with E-state index in [9.17, 15) is 15.2 Å². The molecule has 0 bridgehead atoms.